The summed E-state index contributed by atoms with van der Waals surface area (Å²) in [5.74, 6) is 1.24. The van der Waals surface area contributed by atoms with Gasteiger partial charge in [0.25, 0.3) is 0 Å². The van der Waals surface area contributed by atoms with E-state index in [1.165, 1.54) is 0 Å². The molecule has 0 aliphatic rings. The SMILES string of the molecule is Cc1nccn1CC(C)CNC(=O)C(C)C(C)N.Cl.Cl. The van der Waals surface area contributed by atoms with Gasteiger partial charge < -0.3 is 15.6 Å². The summed E-state index contributed by atoms with van der Waals surface area (Å²) in [4.78, 5) is 15.9. The van der Waals surface area contributed by atoms with E-state index in [1.807, 2.05) is 27.0 Å². The molecule has 1 rings (SSSR count). The van der Waals surface area contributed by atoms with Gasteiger partial charge in [0.15, 0.2) is 0 Å². The van der Waals surface area contributed by atoms with Crippen LogP contribution in [0.4, 0.5) is 0 Å². The first-order chi connectivity index (χ1) is 8.41. The van der Waals surface area contributed by atoms with Gasteiger partial charge in [-0.2, -0.15) is 0 Å². The van der Waals surface area contributed by atoms with Gasteiger partial charge in [0.2, 0.25) is 5.91 Å². The number of hydrogen-bond acceptors (Lipinski definition) is 3. The highest BCUT2D eigenvalue weighted by Gasteiger charge is 2.17. The molecule has 0 aliphatic carbocycles. The second-order valence-corrected chi connectivity index (χ2v) is 5.12. The summed E-state index contributed by atoms with van der Waals surface area (Å²) in [6.07, 6.45) is 3.75. The van der Waals surface area contributed by atoms with Crippen LogP contribution in [0.1, 0.15) is 26.6 Å². The van der Waals surface area contributed by atoms with Crippen molar-refractivity contribution in [1.29, 1.82) is 0 Å². The molecule has 0 radical (unpaired) electrons. The molecule has 3 atom stereocenters. The van der Waals surface area contributed by atoms with Crippen LogP contribution < -0.4 is 11.1 Å². The van der Waals surface area contributed by atoms with Crippen molar-refractivity contribution < 1.29 is 4.79 Å². The lowest BCUT2D eigenvalue weighted by atomic mass is 10.0. The van der Waals surface area contributed by atoms with Gasteiger partial charge in [-0.3, -0.25) is 4.79 Å². The second kappa shape index (κ2) is 10.0. The zero-order valence-electron chi connectivity index (χ0n) is 12.5. The molecule has 0 aromatic carbocycles. The predicted octanol–water partition coefficient (Wildman–Crippen LogP) is 1.77. The van der Waals surface area contributed by atoms with Gasteiger partial charge in [-0.25, -0.2) is 4.98 Å². The zero-order valence-corrected chi connectivity index (χ0v) is 14.1. The van der Waals surface area contributed by atoms with Crippen molar-refractivity contribution in [2.45, 2.75) is 40.3 Å². The summed E-state index contributed by atoms with van der Waals surface area (Å²) in [5, 5.41) is 2.94. The Morgan fingerprint density at radius 2 is 2.00 bits per heavy atom. The number of amides is 1. The van der Waals surface area contributed by atoms with Crippen molar-refractivity contribution in [1.82, 2.24) is 14.9 Å². The van der Waals surface area contributed by atoms with E-state index in [4.69, 9.17) is 5.73 Å². The van der Waals surface area contributed by atoms with E-state index >= 15 is 0 Å². The van der Waals surface area contributed by atoms with Gasteiger partial charge in [-0.1, -0.05) is 13.8 Å². The number of nitrogens with one attached hydrogen (secondary N) is 1. The Labute approximate surface area is 133 Å². The minimum absolute atomic E-state index is 0. The molecule has 7 heteroatoms. The van der Waals surface area contributed by atoms with E-state index in [9.17, 15) is 4.79 Å². The molecule has 0 aliphatic heterocycles. The summed E-state index contributed by atoms with van der Waals surface area (Å²) >= 11 is 0. The van der Waals surface area contributed by atoms with Crippen LogP contribution in [-0.4, -0.2) is 28.0 Å². The first-order valence-electron chi connectivity index (χ1n) is 6.42. The Hall–Kier alpha value is -0.780. The Morgan fingerprint density at radius 3 is 2.45 bits per heavy atom. The molecule has 118 valence electrons. The highest BCUT2D eigenvalue weighted by atomic mass is 35.5. The largest absolute Gasteiger partial charge is 0.355 e. The maximum Gasteiger partial charge on any atom is 0.224 e. The van der Waals surface area contributed by atoms with Gasteiger partial charge in [0.1, 0.15) is 5.82 Å². The van der Waals surface area contributed by atoms with Gasteiger partial charge >= 0.3 is 0 Å². The summed E-state index contributed by atoms with van der Waals surface area (Å²) in [6.45, 7) is 9.30. The molecule has 0 spiro atoms. The number of halogens is 2. The number of hydrogen-bond donors (Lipinski definition) is 2. The maximum atomic E-state index is 11.7. The Balaban J connectivity index is 0. The molecule has 1 amide bonds. The van der Waals surface area contributed by atoms with Crippen LogP contribution in [0.2, 0.25) is 0 Å². The van der Waals surface area contributed by atoms with E-state index in [0.29, 0.717) is 12.5 Å². The number of carbonyl (C=O) groups excluding carboxylic acids is 1. The Bertz CT molecular complexity index is 395. The number of nitrogens with zero attached hydrogens (tertiary/aromatic N) is 2. The number of aryl methyl sites for hydroxylation is 1. The third-order valence-corrected chi connectivity index (χ3v) is 3.26. The van der Waals surface area contributed by atoms with Crippen molar-refractivity contribution in [3.63, 3.8) is 0 Å². The van der Waals surface area contributed by atoms with Crippen molar-refractivity contribution in [3.05, 3.63) is 18.2 Å². The molecule has 1 aromatic rings. The molecule has 20 heavy (non-hydrogen) atoms. The van der Waals surface area contributed by atoms with E-state index in [-0.39, 0.29) is 42.7 Å². The average Bonchev–Trinajstić information content (AvgIpc) is 2.70. The van der Waals surface area contributed by atoms with Crippen LogP contribution in [0, 0.1) is 18.8 Å². The fourth-order valence-electron chi connectivity index (χ4n) is 1.67. The lowest BCUT2D eigenvalue weighted by molar-refractivity contribution is -0.125. The van der Waals surface area contributed by atoms with Gasteiger partial charge in [0, 0.05) is 37.4 Å². The molecule has 0 saturated carbocycles. The van der Waals surface area contributed by atoms with Crippen LogP contribution in [0.15, 0.2) is 12.4 Å². The van der Waals surface area contributed by atoms with Crippen molar-refractivity contribution >= 4 is 30.7 Å². The number of imidazole rings is 1. The number of rotatable bonds is 6. The summed E-state index contributed by atoms with van der Waals surface area (Å²) < 4.78 is 2.09. The first-order valence-corrected chi connectivity index (χ1v) is 6.42. The molecule has 5 nitrogen and oxygen atoms in total. The molecule has 0 bridgehead atoms. The minimum atomic E-state index is -0.146. The molecular weight excluding hydrogens is 299 g/mol. The van der Waals surface area contributed by atoms with Crippen molar-refractivity contribution in [2.24, 2.45) is 17.6 Å². The second-order valence-electron chi connectivity index (χ2n) is 5.12. The molecule has 3 unspecified atom stereocenters. The monoisotopic (exact) mass is 324 g/mol. The van der Waals surface area contributed by atoms with Crippen LogP contribution in [0.25, 0.3) is 0 Å². The van der Waals surface area contributed by atoms with Crippen LogP contribution >= 0.6 is 24.8 Å². The first kappa shape index (κ1) is 21.5. The third-order valence-electron chi connectivity index (χ3n) is 3.26. The third kappa shape index (κ3) is 6.59. The number of carbonyl (C=O) groups is 1. The molecule has 1 heterocycles. The highest BCUT2D eigenvalue weighted by molar-refractivity contribution is 5.85. The lowest BCUT2D eigenvalue weighted by Gasteiger charge is -2.18. The quantitative estimate of drug-likeness (QED) is 0.837. The molecule has 3 N–H and O–H groups in total. The standard InChI is InChI=1S/C13H24N4O.2ClH/c1-9(8-17-6-5-15-12(17)4)7-16-13(18)10(2)11(3)14;;/h5-6,9-11H,7-8,14H2,1-4H3,(H,16,18);2*1H. The van der Waals surface area contributed by atoms with E-state index in [2.05, 4.69) is 21.8 Å². The summed E-state index contributed by atoms with van der Waals surface area (Å²) in [5.41, 5.74) is 5.70. The highest BCUT2D eigenvalue weighted by Crippen LogP contribution is 2.04. The van der Waals surface area contributed by atoms with Gasteiger partial charge in [-0.05, 0) is 19.8 Å². The van der Waals surface area contributed by atoms with Crippen molar-refractivity contribution in [3.8, 4) is 0 Å². The van der Waals surface area contributed by atoms with E-state index in [0.717, 1.165) is 12.4 Å². The number of nitrogens with two attached hydrogens (primary N) is 1. The van der Waals surface area contributed by atoms with Crippen molar-refractivity contribution in [2.75, 3.05) is 6.54 Å². The van der Waals surface area contributed by atoms with Crippen LogP contribution in [0.5, 0.6) is 0 Å². The summed E-state index contributed by atoms with van der Waals surface area (Å²) in [7, 11) is 0. The smallest absolute Gasteiger partial charge is 0.224 e. The van der Waals surface area contributed by atoms with Gasteiger partial charge in [-0.15, -0.1) is 24.8 Å². The normalized spacial score (nSPS) is 14.4. The fourth-order valence-corrected chi connectivity index (χ4v) is 1.67. The maximum absolute atomic E-state index is 11.7. The average molecular weight is 325 g/mol. The van der Waals surface area contributed by atoms with E-state index in [1.54, 1.807) is 6.20 Å². The number of aromatic nitrogens is 2. The van der Waals surface area contributed by atoms with E-state index < -0.39 is 0 Å². The minimum Gasteiger partial charge on any atom is -0.355 e. The molecular formula is C13H26Cl2N4O. The van der Waals surface area contributed by atoms with Gasteiger partial charge in [0.05, 0.1) is 0 Å². The Morgan fingerprint density at radius 1 is 1.40 bits per heavy atom. The molecule has 1 aromatic heterocycles. The van der Waals surface area contributed by atoms with Crippen LogP contribution in [0.3, 0.4) is 0 Å². The van der Waals surface area contributed by atoms with Crippen LogP contribution in [-0.2, 0) is 11.3 Å². The lowest BCUT2D eigenvalue weighted by Crippen LogP contribution is -2.40. The zero-order chi connectivity index (χ0) is 13.7. The molecule has 0 fully saturated rings. The predicted molar refractivity (Wildman–Crippen MR) is 86.4 cm³/mol. The fraction of sp³-hybridized carbons (Fsp3) is 0.692. The Kier molecular flexibility index (Phi) is 10.8. The molecule has 0 saturated heterocycles. The summed E-state index contributed by atoms with van der Waals surface area (Å²) in [6, 6.07) is -0.115. The topological polar surface area (TPSA) is 72.9 Å².